The summed E-state index contributed by atoms with van der Waals surface area (Å²) >= 11 is 0. The van der Waals surface area contributed by atoms with Gasteiger partial charge < -0.3 is 24.8 Å². The zero-order valence-electron chi connectivity index (χ0n) is 11.6. The Kier molecular flexibility index (Phi) is 3.65. The first-order chi connectivity index (χ1) is 11.4. The first kappa shape index (κ1) is 15.5. The van der Waals surface area contributed by atoms with E-state index in [4.69, 9.17) is 4.74 Å². The van der Waals surface area contributed by atoms with Crippen LogP contribution < -0.4 is 4.74 Å². The molecule has 3 rings (SSSR count). The molecule has 1 aromatic carbocycles. The van der Waals surface area contributed by atoms with E-state index in [2.05, 4.69) is 19.7 Å². The minimum Gasteiger partial charge on any atom is -0.505 e. The van der Waals surface area contributed by atoms with Crippen molar-refractivity contribution in [2.45, 2.75) is 12.2 Å². The molecule has 0 amide bonds. The average Bonchev–Trinajstić information content (AvgIpc) is 3.13. The highest BCUT2D eigenvalue weighted by molar-refractivity contribution is 5.89. The summed E-state index contributed by atoms with van der Waals surface area (Å²) < 4.78 is 14.3. The number of cyclic esters (lactones) is 1. The van der Waals surface area contributed by atoms with Crippen molar-refractivity contribution in [3.05, 3.63) is 33.8 Å². The number of nitro benzene ring substituents is 1. The van der Waals surface area contributed by atoms with Crippen LogP contribution in [0.1, 0.15) is 0 Å². The number of hydrogen-bond donors (Lipinski definition) is 3. The van der Waals surface area contributed by atoms with Crippen molar-refractivity contribution < 1.29 is 39.1 Å². The Bertz CT molecular complexity index is 859. The number of fused-ring (bicyclic) bond motifs is 1. The molecule has 2 atom stereocenters. The second kappa shape index (κ2) is 5.66. The Balaban J connectivity index is 1.77. The smallest absolute Gasteiger partial charge is 0.377 e. The SMILES string of the molecule is O=C1O[C@H]([C@@H](O)COc2ccc([N+](=O)[O-])c3nonc23)C(O)=C1O. The molecule has 2 aromatic rings. The summed E-state index contributed by atoms with van der Waals surface area (Å²) in [5.74, 6) is -2.95. The lowest BCUT2D eigenvalue weighted by molar-refractivity contribution is -0.383. The molecule has 0 saturated carbocycles. The van der Waals surface area contributed by atoms with Crippen LogP contribution >= 0.6 is 0 Å². The maximum Gasteiger partial charge on any atom is 0.377 e. The lowest BCUT2D eigenvalue weighted by atomic mass is 10.2. The topological polar surface area (TPSA) is 178 Å². The number of aliphatic hydroxyl groups excluding tert-OH is 3. The number of nitro groups is 1. The Morgan fingerprint density at radius 1 is 1.33 bits per heavy atom. The van der Waals surface area contributed by atoms with Crippen molar-refractivity contribution in [1.29, 1.82) is 0 Å². The van der Waals surface area contributed by atoms with Gasteiger partial charge >= 0.3 is 11.7 Å². The van der Waals surface area contributed by atoms with E-state index in [1.807, 2.05) is 0 Å². The van der Waals surface area contributed by atoms with E-state index in [-0.39, 0.29) is 22.5 Å². The van der Waals surface area contributed by atoms with Gasteiger partial charge in [0.15, 0.2) is 23.1 Å². The van der Waals surface area contributed by atoms with Crippen LogP contribution in [0.4, 0.5) is 5.69 Å². The van der Waals surface area contributed by atoms with E-state index >= 15 is 0 Å². The molecule has 1 aromatic heterocycles. The maximum atomic E-state index is 11.1. The van der Waals surface area contributed by atoms with Gasteiger partial charge in [0, 0.05) is 6.07 Å². The van der Waals surface area contributed by atoms with E-state index in [9.17, 15) is 30.2 Å². The van der Waals surface area contributed by atoms with Gasteiger partial charge in [-0.1, -0.05) is 0 Å². The van der Waals surface area contributed by atoms with E-state index in [1.54, 1.807) is 0 Å². The number of aliphatic hydroxyl groups is 3. The summed E-state index contributed by atoms with van der Waals surface area (Å²) in [6.07, 6.45) is -3.00. The molecule has 0 fully saturated rings. The van der Waals surface area contributed by atoms with E-state index in [0.717, 1.165) is 6.07 Å². The zero-order chi connectivity index (χ0) is 17.4. The molecule has 12 heteroatoms. The quantitative estimate of drug-likeness (QED) is 0.382. The highest BCUT2D eigenvalue weighted by Gasteiger charge is 2.39. The molecule has 24 heavy (non-hydrogen) atoms. The van der Waals surface area contributed by atoms with Crippen molar-refractivity contribution in [2.75, 3.05) is 6.61 Å². The number of benzene rings is 1. The van der Waals surface area contributed by atoms with Crippen molar-refractivity contribution >= 4 is 22.7 Å². The maximum absolute atomic E-state index is 11.1. The van der Waals surface area contributed by atoms with Gasteiger partial charge in [-0.3, -0.25) is 10.1 Å². The zero-order valence-corrected chi connectivity index (χ0v) is 11.6. The fourth-order valence-corrected chi connectivity index (χ4v) is 2.08. The first-order valence-corrected chi connectivity index (χ1v) is 6.43. The molecule has 1 aliphatic heterocycles. The van der Waals surface area contributed by atoms with Gasteiger partial charge in [0.1, 0.15) is 12.7 Å². The van der Waals surface area contributed by atoms with E-state index < -0.39 is 41.2 Å². The van der Waals surface area contributed by atoms with Gasteiger partial charge in [-0.2, -0.15) is 0 Å². The molecular weight excluding hydrogens is 330 g/mol. The number of hydrogen-bond acceptors (Lipinski definition) is 11. The monoisotopic (exact) mass is 339 g/mol. The van der Waals surface area contributed by atoms with Crippen LogP contribution in [0, 0.1) is 10.1 Å². The number of carbonyl (C=O) groups excluding carboxylic acids is 1. The molecular formula is C12H9N3O9. The number of nitrogens with zero attached hydrogens (tertiary/aromatic N) is 3. The predicted octanol–water partition coefficient (Wildman–Crippen LogP) is 0.124. The number of non-ortho nitro benzene ring substituents is 1. The summed E-state index contributed by atoms with van der Waals surface area (Å²) in [6.45, 7) is -0.477. The van der Waals surface area contributed by atoms with Gasteiger partial charge in [0.2, 0.25) is 11.3 Å². The third-order valence-corrected chi connectivity index (χ3v) is 3.25. The molecule has 0 spiro atoms. The van der Waals surface area contributed by atoms with Crippen molar-refractivity contribution in [1.82, 2.24) is 10.3 Å². The number of rotatable bonds is 5. The van der Waals surface area contributed by atoms with E-state index in [1.165, 1.54) is 6.07 Å². The predicted molar refractivity (Wildman–Crippen MR) is 72.1 cm³/mol. The van der Waals surface area contributed by atoms with Crippen LogP contribution in [-0.2, 0) is 9.53 Å². The third-order valence-electron chi connectivity index (χ3n) is 3.25. The average molecular weight is 339 g/mol. The number of ether oxygens (including phenoxy) is 2. The summed E-state index contributed by atoms with van der Waals surface area (Å²) in [6, 6.07) is 2.35. The summed E-state index contributed by atoms with van der Waals surface area (Å²) in [5.41, 5.74) is -0.517. The van der Waals surface area contributed by atoms with Gasteiger partial charge in [0.05, 0.1) is 4.92 Å². The largest absolute Gasteiger partial charge is 0.505 e. The van der Waals surface area contributed by atoms with Gasteiger partial charge in [-0.05, 0) is 16.4 Å². The van der Waals surface area contributed by atoms with Crippen LogP contribution in [-0.4, -0.2) is 55.3 Å². The van der Waals surface area contributed by atoms with Crippen LogP contribution in [0.2, 0.25) is 0 Å². The summed E-state index contributed by atoms with van der Waals surface area (Å²) in [7, 11) is 0. The molecule has 0 aliphatic carbocycles. The number of aromatic nitrogens is 2. The molecule has 12 nitrogen and oxygen atoms in total. The molecule has 0 bridgehead atoms. The van der Waals surface area contributed by atoms with Crippen LogP contribution in [0.3, 0.4) is 0 Å². The third kappa shape index (κ3) is 2.44. The van der Waals surface area contributed by atoms with Crippen LogP contribution in [0.25, 0.3) is 11.0 Å². The highest BCUT2D eigenvalue weighted by Crippen LogP contribution is 2.30. The van der Waals surface area contributed by atoms with Crippen molar-refractivity contribution in [2.24, 2.45) is 0 Å². The fourth-order valence-electron chi connectivity index (χ4n) is 2.08. The minimum absolute atomic E-state index is 0.0212. The molecule has 0 saturated heterocycles. The Hall–Kier alpha value is -3.41. The molecule has 1 aliphatic rings. The van der Waals surface area contributed by atoms with Gasteiger partial charge in [-0.25, -0.2) is 9.42 Å². The summed E-state index contributed by atoms with van der Waals surface area (Å²) in [5, 5.41) is 46.4. The number of carbonyl (C=O) groups is 1. The Labute approximate surface area is 131 Å². The standard InChI is InChI=1S/C12H9N3O9/c16-5(11-9(17)10(18)12(19)23-11)3-22-6-2-1-4(15(20)21)7-8(6)14-24-13-7/h1-2,5,11,16-18H,3H2/t5-,11+/m0/s1. The summed E-state index contributed by atoms with van der Waals surface area (Å²) in [4.78, 5) is 21.3. The second-order valence-corrected chi connectivity index (χ2v) is 4.74. The van der Waals surface area contributed by atoms with Crippen LogP contribution in [0.15, 0.2) is 28.3 Å². The molecule has 3 N–H and O–H groups in total. The van der Waals surface area contributed by atoms with Crippen LogP contribution in [0.5, 0.6) is 5.75 Å². The van der Waals surface area contributed by atoms with E-state index in [0.29, 0.717) is 0 Å². The Morgan fingerprint density at radius 2 is 2.04 bits per heavy atom. The molecule has 0 radical (unpaired) electrons. The first-order valence-electron chi connectivity index (χ1n) is 6.43. The highest BCUT2D eigenvalue weighted by atomic mass is 16.6. The van der Waals surface area contributed by atoms with Crippen molar-refractivity contribution in [3.63, 3.8) is 0 Å². The van der Waals surface area contributed by atoms with Gasteiger partial charge in [-0.15, -0.1) is 0 Å². The number of esters is 1. The lowest BCUT2D eigenvalue weighted by Crippen LogP contribution is -2.33. The van der Waals surface area contributed by atoms with Gasteiger partial charge in [0.25, 0.3) is 0 Å². The molecule has 0 unspecified atom stereocenters. The molecule has 126 valence electrons. The second-order valence-electron chi connectivity index (χ2n) is 4.74. The van der Waals surface area contributed by atoms with Crippen molar-refractivity contribution in [3.8, 4) is 5.75 Å². The lowest BCUT2D eigenvalue weighted by Gasteiger charge is -2.17. The Morgan fingerprint density at radius 3 is 2.67 bits per heavy atom. The normalized spacial score (nSPS) is 18.7. The minimum atomic E-state index is -1.51. The fraction of sp³-hybridized carbons (Fsp3) is 0.250. The molecule has 2 heterocycles.